The molecule has 2 aliphatic rings. The smallest absolute Gasteiger partial charge is 0.0475 e. The predicted octanol–water partition coefficient (Wildman–Crippen LogP) is 2.49. The highest BCUT2D eigenvalue weighted by Gasteiger charge is 2.43. The Balaban J connectivity index is 1.88. The Morgan fingerprint density at radius 3 is 2.20 bits per heavy atom. The Morgan fingerprint density at radius 1 is 0.950 bits per heavy atom. The van der Waals surface area contributed by atoms with Crippen molar-refractivity contribution in [1.29, 1.82) is 0 Å². The monoisotopic (exact) mass is 275 g/mol. The van der Waals surface area contributed by atoms with Crippen molar-refractivity contribution in [2.45, 2.75) is 37.1 Å². The van der Waals surface area contributed by atoms with Gasteiger partial charge in [0.25, 0.3) is 0 Å². The zero-order chi connectivity index (χ0) is 13.8. The van der Waals surface area contributed by atoms with Gasteiger partial charge < -0.3 is 15.2 Å². The minimum atomic E-state index is 0.0848. The van der Waals surface area contributed by atoms with Gasteiger partial charge in [-0.1, -0.05) is 30.3 Å². The molecule has 0 aliphatic carbocycles. The molecule has 1 aromatic carbocycles. The van der Waals surface area contributed by atoms with Gasteiger partial charge in [-0.15, -0.1) is 0 Å². The minimum Gasteiger partial charge on any atom is -0.381 e. The lowest BCUT2D eigenvalue weighted by Gasteiger charge is -2.46. The summed E-state index contributed by atoms with van der Waals surface area (Å²) < 4.78 is 11.1. The molecule has 3 rings (SSSR count). The van der Waals surface area contributed by atoms with E-state index < -0.39 is 0 Å². The van der Waals surface area contributed by atoms with Gasteiger partial charge in [-0.05, 0) is 37.2 Å². The maximum atomic E-state index is 6.78. The summed E-state index contributed by atoms with van der Waals surface area (Å²) >= 11 is 0. The summed E-state index contributed by atoms with van der Waals surface area (Å²) in [6, 6.07) is 11.0. The number of rotatable bonds is 3. The van der Waals surface area contributed by atoms with Crippen molar-refractivity contribution in [3.8, 4) is 0 Å². The zero-order valence-electron chi connectivity index (χ0n) is 12.1. The Bertz CT molecular complexity index is 408. The SMILES string of the molecule is NC(C1CCOCC1)C1(c2ccccc2)CCOCC1. The Hall–Kier alpha value is -0.900. The van der Waals surface area contributed by atoms with Crippen LogP contribution in [0, 0.1) is 5.92 Å². The normalized spacial score (nSPS) is 25.2. The number of hydrogen-bond donors (Lipinski definition) is 1. The van der Waals surface area contributed by atoms with Gasteiger partial charge in [-0.2, -0.15) is 0 Å². The van der Waals surface area contributed by atoms with Crippen LogP contribution in [0.2, 0.25) is 0 Å². The topological polar surface area (TPSA) is 44.5 Å². The van der Waals surface area contributed by atoms with Crippen molar-refractivity contribution in [2.24, 2.45) is 11.7 Å². The van der Waals surface area contributed by atoms with E-state index in [4.69, 9.17) is 15.2 Å². The third kappa shape index (κ3) is 2.62. The van der Waals surface area contributed by atoms with Crippen LogP contribution in [-0.4, -0.2) is 32.5 Å². The van der Waals surface area contributed by atoms with E-state index in [1.54, 1.807) is 0 Å². The molecule has 2 fully saturated rings. The molecule has 0 aromatic heterocycles. The number of nitrogens with two attached hydrogens (primary N) is 1. The summed E-state index contributed by atoms with van der Waals surface area (Å²) in [5.74, 6) is 0.571. The van der Waals surface area contributed by atoms with E-state index in [0.29, 0.717) is 5.92 Å². The van der Waals surface area contributed by atoms with Crippen LogP contribution in [0.5, 0.6) is 0 Å². The highest BCUT2D eigenvalue weighted by molar-refractivity contribution is 5.29. The van der Waals surface area contributed by atoms with Crippen LogP contribution in [0.4, 0.5) is 0 Å². The second-order valence-corrected chi connectivity index (χ2v) is 6.11. The largest absolute Gasteiger partial charge is 0.381 e. The van der Waals surface area contributed by atoms with E-state index in [9.17, 15) is 0 Å². The molecule has 0 radical (unpaired) electrons. The highest BCUT2D eigenvalue weighted by atomic mass is 16.5. The molecule has 2 heterocycles. The summed E-state index contributed by atoms with van der Waals surface area (Å²) in [4.78, 5) is 0. The van der Waals surface area contributed by atoms with Crippen LogP contribution in [0.3, 0.4) is 0 Å². The Morgan fingerprint density at radius 2 is 1.55 bits per heavy atom. The van der Waals surface area contributed by atoms with Crippen LogP contribution < -0.4 is 5.73 Å². The molecular formula is C17H25NO2. The predicted molar refractivity (Wildman–Crippen MR) is 79.7 cm³/mol. The molecule has 3 nitrogen and oxygen atoms in total. The molecule has 1 atom stereocenters. The van der Waals surface area contributed by atoms with E-state index in [1.165, 1.54) is 5.56 Å². The van der Waals surface area contributed by atoms with Gasteiger partial charge in [-0.3, -0.25) is 0 Å². The third-order valence-electron chi connectivity index (χ3n) is 5.15. The summed E-state index contributed by atoms with van der Waals surface area (Å²) in [5.41, 5.74) is 8.25. The average molecular weight is 275 g/mol. The standard InChI is InChI=1S/C17H25NO2/c18-16(14-6-10-19-11-7-14)17(8-12-20-13-9-17)15-4-2-1-3-5-15/h1-5,14,16H,6-13,18H2. The molecule has 110 valence electrons. The molecule has 0 amide bonds. The molecule has 3 heteroatoms. The maximum absolute atomic E-state index is 6.78. The minimum absolute atomic E-state index is 0.0848. The van der Waals surface area contributed by atoms with Crippen LogP contribution >= 0.6 is 0 Å². The second-order valence-electron chi connectivity index (χ2n) is 6.11. The van der Waals surface area contributed by atoms with Crippen molar-refractivity contribution < 1.29 is 9.47 Å². The van der Waals surface area contributed by atoms with Crippen molar-refractivity contribution in [3.05, 3.63) is 35.9 Å². The van der Waals surface area contributed by atoms with E-state index in [2.05, 4.69) is 30.3 Å². The van der Waals surface area contributed by atoms with Gasteiger partial charge >= 0.3 is 0 Å². The molecule has 2 N–H and O–H groups in total. The van der Waals surface area contributed by atoms with Crippen LogP contribution in [0.15, 0.2) is 30.3 Å². The van der Waals surface area contributed by atoms with Gasteiger partial charge in [0.2, 0.25) is 0 Å². The van der Waals surface area contributed by atoms with Gasteiger partial charge in [0.1, 0.15) is 0 Å². The molecule has 0 bridgehead atoms. The maximum Gasteiger partial charge on any atom is 0.0475 e. The lowest BCUT2D eigenvalue weighted by atomic mass is 9.64. The quantitative estimate of drug-likeness (QED) is 0.921. The average Bonchev–Trinajstić information content (AvgIpc) is 2.56. The van der Waals surface area contributed by atoms with Gasteiger partial charge in [0.05, 0.1) is 0 Å². The summed E-state index contributed by atoms with van der Waals surface area (Å²) in [5, 5.41) is 0. The van der Waals surface area contributed by atoms with E-state index in [-0.39, 0.29) is 11.5 Å². The highest BCUT2D eigenvalue weighted by Crippen LogP contribution is 2.41. The number of ether oxygens (including phenoxy) is 2. The van der Waals surface area contributed by atoms with E-state index in [0.717, 1.165) is 52.1 Å². The molecule has 2 aliphatic heterocycles. The van der Waals surface area contributed by atoms with Gasteiger partial charge in [-0.25, -0.2) is 0 Å². The first-order chi connectivity index (χ1) is 9.83. The fourth-order valence-corrected chi connectivity index (χ4v) is 3.85. The fourth-order valence-electron chi connectivity index (χ4n) is 3.85. The first-order valence-electron chi connectivity index (χ1n) is 7.79. The lowest BCUT2D eigenvalue weighted by Crippen LogP contribution is -2.53. The first kappa shape index (κ1) is 14.1. The van der Waals surface area contributed by atoms with Crippen LogP contribution in [0.25, 0.3) is 0 Å². The van der Waals surface area contributed by atoms with Gasteiger partial charge in [0, 0.05) is 37.9 Å². The third-order valence-corrected chi connectivity index (χ3v) is 5.15. The van der Waals surface area contributed by atoms with Crippen molar-refractivity contribution in [1.82, 2.24) is 0 Å². The molecule has 2 saturated heterocycles. The van der Waals surface area contributed by atoms with Gasteiger partial charge in [0.15, 0.2) is 0 Å². The van der Waals surface area contributed by atoms with E-state index in [1.807, 2.05) is 0 Å². The van der Waals surface area contributed by atoms with Crippen molar-refractivity contribution >= 4 is 0 Å². The number of benzene rings is 1. The molecule has 0 spiro atoms. The van der Waals surface area contributed by atoms with Crippen LogP contribution in [-0.2, 0) is 14.9 Å². The molecule has 1 unspecified atom stereocenters. The molecule has 1 aromatic rings. The van der Waals surface area contributed by atoms with Crippen LogP contribution in [0.1, 0.15) is 31.2 Å². The first-order valence-corrected chi connectivity index (χ1v) is 7.79. The zero-order valence-corrected chi connectivity index (χ0v) is 12.1. The Kier molecular flexibility index (Phi) is 4.39. The summed E-state index contributed by atoms with van der Waals surface area (Å²) in [6.07, 6.45) is 4.26. The van der Waals surface area contributed by atoms with Crippen molar-refractivity contribution in [2.75, 3.05) is 26.4 Å². The lowest BCUT2D eigenvalue weighted by molar-refractivity contribution is 0.00694. The Labute approximate surface area is 121 Å². The molecule has 0 saturated carbocycles. The van der Waals surface area contributed by atoms with E-state index >= 15 is 0 Å². The second kappa shape index (κ2) is 6.25. The summed E-state index contributed by atoms with van der Waals surface area (Å²) in [6.45, 7) is 3.37. The number of hydrogen-bond acceptors (Lipinski definition) is 3. The fraction of sp³-hybridized carbons (Fsp3) is 0.647. The van der Waals surface area contributed by atoms with Crippen molar-refractivity contribution in [3.63, 3.8) is 0 Å². The molecular weight excluding hydrogens is 250 g/mol. The molecule has 20 heavy (non-hydrogen) atoms. The summed E-state index contributed by atoms with van der Waals surface area (Å²) in [7, 11) is 0.